The first kappa shape index (κ1) is 13.7. The van der Waals surface area contributed by atoms with E-state index in [0.717, 1.165) is 5.56 Å². The summed E-state index contributed by atoms with van der Waals surface area (Å²) in [5, 5.41) is 10.6. The Labute approximate surface area is 113 Å². The number of nitrogens with zero attached hydrogens (tertiary/aromatic N) is 2. The molecule has 0 unspecified atom stereocenters. The molecule has 7 nitrogen and oxygen atoms in total. The molecule has 0 spiro atoms. The van der Waals surface area contributed by atoms with Crippen LogP contribution in [-0.4, -0.2) is 14.5 Å². The number of aromatic amines is 1. The number of non-ortho nitro benzene ring substituents is 1. The molecule has 1 heterocycles. The van der Waals surface area contributed by atoms with Gasteiger partial charge in [-0.25, -0.2) is 4.79 Å². The lowest BCUT2D eigenvalue weighted by Gasteiger charge is -2.06. The van der Waals surface area contributed by atoms with Crippen LogP contribution >= 0.6 is 0 Å². The van der Waals surface area contributed by atoms with E-state index >= 15 is 0 Å². The first-order chi connectivity index (χ1) is 9.51. The zero-order chi connectivity index (χ0) is 14.7. The number of H-pyrrole nitrogens is 1. The summed E-state index contributed by atoms with van der Waals surface area (Å²) in [6.07, 6.45) is 2.04. The van der Waals surface area contributed by atoms with Crippen molar-refractivity contribution in [3.05, 3.63) is 72.5 Å². The fourth-order valence-electron chi connectivity index (χ4n) is 1.84. The molecule has 7 heteroatoms. The lowest BCUT2D eigenvalue weighted by molar-refractivity contribution is -0.384. The van der Waals surface area contributed by atoms with E-state index in [2.05, 4.69) is 4.98 Å². The Morgan fingerprint density at radius 2 is 1.90 bits per heavy atom. The molecule has 0 saturated heterocycles. The summed E-state index contributed by atoms with van der Waals surface area (Å²) >= 11 is 0. The van der Waals surface area contributed by atoms with Crippen molar-refractivity contribution in [1.82, 2.24) is 9.55 Å². The summed E-state index contributed by atoms with van der Waals surface area (Å²) in [6.45, 7) is 2.08. The number of nitrogens with one attached hydrogen (secondary N) is 1. The molecule has 1 aromatic heterocycles. The number of aromatic nitrogens is 2. The zero-order valence-electron chi connectivity index (χ0n) is 10.8. The van der Waals surface area contributed by atoms with E-state index in [-0.39, 0.29) is 17.8 Å². The molecule has 1 N–H and O–H groups in total. The van der Waals surface area contributed by atoms with Crippen LogP contribution in [0.3, 0.4) is 0 Å². The van der Waals surface area contributed by atoms with Crippen LogP contribution < -0.4 is 11.2 Å². The van der Waals surface area contributed by atoms with Gasteiger partial charge in [-0.3, -0.25) is 24.5 Å². The van der Waals surface area contributed by atoms with Gasteiger partial charge in [-0.1, -0.05) is 19.1 Å². The number of nitro benzene ring substituents is 1. The number of hydrogen-bond donors (Lipinski definition) is 1. The maximum atomic E-state index is 11.7. The average Bonchev–Trinajstić information content (AvgIpc) is 2.42. The van der Waals surface area contributed by atoms with E-state index < -0.39 is 10.6 Å². The van der Waals surface area contributed by atoms with Gasteiger partial charge < -0.3 is 0 Å². The van der Waals surface area contributed by atoms with Crippen molar-refractivity contribution in [3.8, 4) is 0 Å². The monoisotopic (exact) mass is 275 g/mol. The Morgan fingerprint density at radius 1 is 1.25 bits per heavy atom. The Kier molecular flexibility index (Phi) is 3.79. The standard InChI is InChI=1S/C13H13N3O4/c1-2-10-8-15(13(18)14-12(10)17)7-9-3-5-11(6-4-9)16(19)20/h3-6,8H,2,7H2,1H3,(H,14,17,18). The molecule has 0 aliphatic heterocycles. The van der Waals surface area contributed by atoms with Crippen LogP contribution in [0.1, 0.15) is 18.1 Å². The summed E-state index contributed by atoms with van der Waals surface area (Å²) < 4.78 is 1.38. The van der Waals surface area contributed by atoms with Gasteiger partial charge in [-0.05, 0) is 12.0 Å². The van der Waals surface area contributed by atoms with E-state index in [4.69, 9.17) is 0 Å². The minimum atomic E-state index is -0.495. The van der Waals surface area contributed by atoms with Crippen molar-refractivity contribution in [3.63, 3.8) is 0 Å². The molecule has 0 saturated carbocycles. The van der Waals surface area contributed by atoms with Crippen LogP contribution in [0.25, 0.3) is 0 Å². The number of hydrogen-bond acceptors (Lipinski definition) is 4. The molecular formula is C13H13N3O4. The van der Waals surface area contributed by atoms with Gasteiger partial charge in [-0.2, -0.15) is 0 Å². The molecular weight excluding hydrogens is 262 g/mol. The van der Waals surface area contributed by atoms with E-state index in [9.17, 15) is 19.7 Å². The smallest absolute Gasteiger partial charge is 0.296 e. The second-order valence-electron chi connectivity index (χ2n) is 4.32. The number of rotatable bonds is 4. The third-order valence-corrected chi connectivity index (χ3v) is 2.97. The molecule has 0 amide bonds. The van der Waals surface area contributed by atoms with E-state index in [1.54, 1.807) is 12.1 Å². The minimum Gasteiger partial charge on any atom is -0.296 e. The summed E-state index contributed by atoms with van der Waals surface area (Å²) in [4.78, 5) is 35.5. The highest BCUT2D eigenvalue weighted by atomic mass is 16.6. The molecule has 2 rings (SSSR count). The fraction of sp³-hybridized carbons (Fsp3) is 0.231. The van der Waals surface area contributed by atoms with Gasteiger partial charge in [0.25, 0.3) is 11.2 Å². The lowest BCUT2D eigenvalue weighted by Crippen LogP contribution is -2.31. The van der Waals surface area contributed by atoms with Crippen molar-refractivity contribution in [2.45, 2.75) is 19.9 Å². The minimum absolute atomic E-state index is 0.00295. The Balaban J connectivity index is 2.32. The van der Waals surface area contributed by atoms with Gasteiger partial charge in [0.05, 0.1) is 11.5 Å². The molecule has 0 aliphatic rings. The molecule has 2 aromatic rings. The second kappa shape index (κ2) is 5.52. The quantitative estimate of drug-likeness (QED) is 0.666. The maximum absolute atomic E-state index is 11.7. The summed E-state index contributed by atoms with van der Waals surface area (Å²) in [5.74, 6) is 0. The topological polar surface area (TPSA) is 98.0 Å². The third-order valence-electron chi connectivity index (χ3n) is 2.97. The van der Waals surface area contributed by atoms with Crippen molar-refractivity contribution >= 4 is 5.69 Å². The SMILES string of the molecule is CCc1cn(Cc2ccc([N+](=O)[O-])cc2)c(=O)[nH]c1=O. The molecule has 104 valence electrons. The highest BCUT2D eigenvalue weighted by molar-refractivity contribution is 5.33. The molecule has 1 aromatic carbocycles. The van der Waals surface area contributed by atoms with Crippen molar-refractivity contribution in [2.75, 3.05) is 0 Å². The number of benzene rings is 1. The van der Waals surface area contributed by atoms with Gasteiger partial charge in [0.15, 0.2) is 0 Å². The van der Waals surface area contributed by atoms with Gasteiger partial charge >= 0.3 is 5.69 Å². The van der Waals surface area contributed by atoms with Gasteiger partial charge in [0.1, 0.15) is 0 Å². The summed E-state index contributed by atoms with van der Waals surface area (Å²) in [7, 11) is 0. The normalized spacial score (nSPS) is 10.4. The van der Waals surface area contributed by atoms with Crippen LogP contribution in [0, 0.1) is 10.1 Å². The van der Waals surface area contributed by atoms with Crippen molar-refractivity contribution < 1.29 is 4.92 Å². The summed E-state index contributed by atoms with van der Waals surface area (Å²) in [6, 6.07) is 5.93. The van der Waals surface area contributed by atoms with Crippen LogP contribution in [0.2, 0.25) is 0 Å². The van der Waals surface area contributed by atoms with Crippen LogP contribution in [0.5, 0.6) is 0 Å². The Hall–Kier alpha value is -2.70. The second-order valence-corrected chi connectivity index (χ2v) is 4.32. The van der Waals surface area contributed by atoms with Gasteiger partial charge in [0, 0.05) is 23.9 Å². The average molecular weight is 275 g/mol. The molecule has 0 atom stereocenters. The van der Waals surface area contributed by atoms with Crippen LogP contribution in [0.15, 0.2) is 40.1 Å². The zero-order valence-corrected chi connectivity index (χ0v) is 10.8. The first-order valence-electron chi connectivity index (χ1n) is 6.07. The highest BCUT2D eigenvalue weighted by Crippen LogP contribution is 2.12. The lowest BCUT2D eigenvalue weighted by atomic mass is 10.2. The number of nitro groups is 1. The van der Waals surface area contributed by atoms with Gasteiger partial charge in [0.2, 0.25) is 0 Å². The maximum Gasteiger partial charge on any atom is 0.328 e. The van der Waals surface area contributed by atoms with Crippen LogP contribution in [-0.2, 0) is 13.0 Å². The van der Waals surface area contributed by atoms with E-state index in [1.165, 1.54) is 22.9 Å². The predicted octanol–water partition coefficient (Wildman–Crippen LogP) is 1.06. The predicted molar refractivity (Wildman–Crippen MR) is 72.9 cm³/mol. The third kappa shape index (κ3) is 2.82. The largest absolute Gasteiger partial charge is 0.328 e. The molecule has 0 radical (unpaired) electrons. The Bertz CT molecular complexity index is 743. The van der Waals surface area contributed by atoms with Crippen LogP contribution in [0.4, 0.5) is 5.69 Å². The highest BCUT2D eigenvalue weighted by Gasteiger charge is 2.06. The summed E-state index contributed by atoms with van der Waals surface area (Å²) in [5.41, 5.74) is 0.387. The molecule has 0 fully saturated rings. The van der Waals surface area contributed by atoms with Crippen molar-refractivity contribution in [1.29, 1.82) is 0 Å². The number of aryl methyl sites for hydroxylation is 1. The first-order valence-corrected chi connectivity index (χ1v) is 6.07. The van der Waals surface area contributed by atoms with Gasteiger partial charge in [-0.15, -0.1) is 0 Å². The Morgan fingerprint density at radius 3 is 2.45 bits per heavy atom. The van der Waals surface area contributed by atoms with Crippen molar-refractivity contribution in [2.24, 2.45) is 0 Å². The van der Waals surface area contributed by atoms with E-state index in [0.29, 0.717) is 12.0 Å². The molecule has 20 heavy (non-hydrogen) atoms. The molecule has 0 aliphatic carbocycles. The molecule has 0 bridgehead atoms. The van der Waals surface area contributed by atoms with E-state index in [1.807, 2.05) is 6.92 Å². The fourth-order valence-corrected chi connectivity index (χ4v) is 1.84.